The van der Waals surface area contributed by atoms with Gasteiger partial charge in [-0.25, -0.2) is 19.1 Å². The number of hydrogen-bond donors (Lipinski definition) is 4. The van der Waals surface area contributed by atoms with Gasteiger partial charge in [0.1, 0.15) is 5.57 Å². The summed E-state index contributed by atoms with van der Waals surface area (Å²) < 4.78 is 6.32. The molecule has 0 radical (unpaired) electrons. The van der Waals surface area contributed by atoms with E-state index in [0.717, 1.165) is 18.3 Å². The largest absolute Gasteiger partial charge is 1.00 e. The maximum Gasteiger partial charge on any atom is 1.00 e. The van der Waals surface area contributed by atoms with Gasteiger partial charge in [-0.3, -0.25) is 15.4 Å². The van der Waals surface area contributed by atoms with Gasteiger partial charge < -0.3 is 35.2 Å². The minimum Gasteiger partial charge on any atom is -0.550 e. The first kappa shape index (κ1) is 44.3. The molecule has 0 bridgehead atoms. The molecule has 3 aromatic rings. The normalized spacial score (nSPS) is 9.66. The number of esters is 1. The van der Waals surface area contributed by atoms with Crippen molar-refractivity contribution < 1.29 is 78.4 Å². The molecular weight excluding hydrogens is 625 g/mol. The van der Waals surface area contributed by atoms with Crippen molar-refractivity contribution in [3.05, 3.63) is 88.9 Å². The van der Waals surface area contributed by atoms with Gasteiger partial charge in [-0.2, -0.15) is 5.10 Å². The summed E-state index contributed by atoms with van der Waals surface area (Å²) in [6.45, 7) is 7.57. The third-order valence-electron chi connectivity index (χ3n) is 5.31. The average Bonchev–Trinajstić information content (AvgIpc) is 3.37. The van der Waals surface area contributed by atoms with Crippen molar-refractivity contribution in [1.82, 2.24) is 14.7 Å². The number of carbonyl (C=O) groups excluding carboxylic acids is 4. The zero-order chi connectivity index (χ0) is 35.6. The molecule has 16 heteroatoms. The molecule has 0 spiro atoms. The molecule has 0 saturated heterocycles. The van der Waals surface area contributed by atoms with Crippen LogP contribution in [0.25, 0.3) is 5.69 Å². The Morgan fingerprint density at radius 3 is 1.70 bits per heavy atom. The maximum atomic E-state index is 11.3. The van der Waals surface area contributed by atoms with E-state index in [1.54, 1.807) is 61.8 Å². The summed E-state index contributed by atoms with van der Waals surface area (Å²) in [7, 11) is 3.48. The Kier molecular flexibility index (Phi) is 21.3. The van der Waals surface area contributed by atoms with Gasteiger partial charge in [-0.1, -0.05) is 0 Å². The van der Waals surface area contributed by atoms with Crippen molar-refractivity contribution in [2.45, 2.75) is 34.6 Å². The standard InChI is InChI=1S/C13H12N2O3.C9H15NO3.C7H8N2O2.C2H4O2.Na/c1-8-12(9(2)16)7-14-15(8)11-5-3-10(4-6-11)13(17)18;1-5-13-9(12)8(7(2)11)6-10(3)4;8-9-6-3-1-5(2-4-6)7(10)11;1-2(3)4;/h3-7H,1-2H3,(H,17,18);6H,5H2,1-4H3;1-4,9H,8H2,(H,10,11);1H3,(H,3,4);/q;;;;+1/p-1/b;8-6-;;;. The molecule has 248 valence electrons. The van der Waals surface area contributed by atoms with E-state index in [1.165, 1.54) is 50.5 Å². The van der Waals surface area contributed by atoms with E-state index in [9.17, 15) is 24.0 Å². The molecule has 0 aliphatic rings. The summed E-state index contributed by atoms with van der Waals surface area (Å²) in [6, 6.07) is 12.5. The van der Waals surface area contributed by atoms with Crippen LogP contribution in [0.5, 0.6) is 0 Å². The number of nitrogens with zero attached hydrogens (tertiary/aromatic N) is 3. The van der Waals surface area contributed by atoms with Crippen molar-refractivity contribution in [3.63, 3.8) is 0 Å². The van der Waals surface area contributed by atoms with Gasteiger partial charge in [-0.15, -0.1) is 0 Å². The zero-order valence-electron chi connectivity index (χ0n) is 27.6. The number of aliphatic carboxylic acids is 1. The maximum absolute atomic E-state index is 11.3. The third-order valence-corrected chi connectivity index (χ3v) is 5.31. The number of carbonyl (C=O) groups is 6. The van der Waals surface area contributed by atoms with Gasteiger partial charge in [-0.05, 0) is 83.1 Å². The number of carboxylic acids is 3. The van der Waals surface area contributed by atoms with E-state index in [0.29, 0.717) is 11.3 Å². The molecular formula is C31H38N5NaO10. The minimum absolute atomic E-state index is 0. The fourth-order valence-corrected chi connectivity index (χ4v) is 3.22. The number of hydrogen-bond acceptors (Lipinski definition) is 12. The molecule has 0 aliphatic heterocycles. The van der Waals surface area contributed by atoms with Crippen LogP contribution in [0, 0.1) is 6.92 Å². The monoisotopic (exact) mass is 663 g/mol. The Labute approximate surface area is 294 Å². The Bertz CT molecular complexity index is 1530. The van der Waals surface area contributed by atoms with Gasteiger partial charge in [0.2, 0.25) is 0 Å². The molecule has 0 fully saturated rings. The number of nitrogens with two attached hydrogens (primary N) is 1. The number of benzene rings is 2. The fraction of sp³-hybridized carbons (Fsp3) is 0.258. The van der Waals surface area contributed by atoms with Crippen molar-refractivity contribution in [3.8, 4) is 5.69 Å². The first-order valence-electron chi connectivity index (χ1n) is 13.4. The summed E-state index contributed by atoms with van der Waals surface area (Å²) >= 11 is 0. The predicted molar refractivity (Wildman–Crippen MR) is 166 cm³/mol. The van der Waals surface area contributed by atoms with Crippen molar-refractivity contribution in [2.24, 2.45) is 5.84 Å². The number of hydrazine groups is 1. The summed E-state index contributed by atoms with van der Waals surface area (Å²) in [5.41, 5.74) is 5.67. The molecule has 0 atom stereocenters. The van der Waals surface area contributed by atoms with Crippen LogP contribution in [-0.4, -0.2) is 81.0 Å². The zero-order valence-corrected chi connectivity index (χ0v) is 29.6. The Hall–Kier alpha value is -4.83. The van der Waals surface area contributed by atoms with Crippen molar-refractivity contribution in [1.29, 1.82) is 0 Å². The van der Waals surface area contributed by atoms with Crippen LogP contribution in [0.3, 0.4) is 0 Å². The topological polar surface area (TPSA) is 234 Å². The first-order valence-corrected chi connectivity index (χ1v) is 13.4. The summed E-state index contributed by atoms with van der Waals surface area (Å²) in [5, 5.41) is 30.3. The van der Waals surface area contributed by atoms with Crippen LogP contribution in [0.1, 0.15) is 64.5 Å². The number of nitrogens with one attached hydrogen (secondary N) is 1. The molecule has 47 heavy (non-hydrogen) atoms. The van der Waals surface area contributed by atoms with Crippen molar-refractivity contribution >= 4 is 41.1 Å². The van der Waals surface area contributed by atoms with Crippen LogP contribution in [-0.2, 0) is 19.1 Å². The molecule has 0 saturated carbocycles. The Morgan fingerprint density at radius 2 is 1.38 bits per heavy atom. The van der Waals surface area contributed by atoms with E-state index in [1.807, 2.05) is 0 Å². The van der Waals surface area contributed by atoms with Crippen LogP contribution < -0.4 is 45.9 Å². The quantitative estimate of drug-likeness (QED) is 0.0317. The number of ether oxygens (including phenoxy) is 1. The molecule has 2 aromatic carbocycles. The molecule has 1 heterocycles. The van der Waals surface area contributed by atoms with E-state index in [4.69, 9.17) is 30.7 Å². The third kappa shape index (κ3) is 16.9. The molecule has 5 N–H and O–H groups in total. The number of aromatic nitrogens is 2. The number of aromatic carboxylic acids is 2. The van der Waals surface area contributed by atoms with E-state index < -0.39 is 23.9 Å². The van der Waals surface area contributed by atoms with E-state index in [2.05, 4.69) is 10.5 Å². The second-order valence-corrected chi connectivity index (χ2v) is 9.27. The van der Waals surface area contributed by atoms with Gasteiger partial charge >= 0.3 is 47.5 Å². The smallest absolute Gasteiger partial charge is 0.550 e. The fourth-order valence-electron chi connectivity index (χ4n) is 3.22. The first-order chi connectivity index (χ1) is 21.5. The number of anilines is 1. The van der Waals surface area contributed by atoms with Gasteiger partial charge in [0.05, 0.1) is 40.9 Å². The van der Waals surface area contributed by atoms with E-state index >= 15 is 0 Å². The molecule has 0 amide bonds. The summed E-state index contributed by atoms with van der Waals surface area (Å²) in [6.07, 6.45) is 2.98. The second-order valence-electron chi connectivity index (χ2n) is 9.27. The number of nitrogen functional groups attached to an aromatic ring is 1. The summed E-state index contributed by atoms with van der Waals surface area (Å²) in [5.74, 6) is 1.20. The SMILES string of the molecule is CC(=O)[O-].CC(=O)c1cnn(-c2ccc(C(=O)O)cc2)c1C.CCOC(=O)/C(=C\N(C)C)C(C)=O.NNc1ccc(C(=O)O)cc1.[Na+]. The molecule has 0 aliphatic carbocycles. The number of carboxylic acid groups (broad SMARTS) is 3. The number of Topliss-reactive ketones (excluding diaryl/α,β-unsaturated/α-hetero) is 2. The second kappa shape index (κ2) is 22.6. The number of ketones is 2. The molecule has 0 unspecified atom stereocenters. The molecule has 15 nitrogen and oxygen atoms in total. The Balaban J connectivity index is 0. The van der Waals surface area contributed by atoms with Crippen LogP contribution in [0.4, 0.5) is 5.69 Å². The predicted octanol–water partition coefficient (Wildman–Crippen LogP) is -0.904. The Morgan fingerprint density at radius 1 is 0.936 bits per heavy atom. The minimum atomic E-state index is -1.08. The van der Waals surface area contributed by atoms with Crippen LogP contribution in [0.2, 0.25) is 0 Å². The molecule has 1 aromatic heterocycles. The van der Waals surface area contributed by atoms with E-state index in [-0.39, 0.29) is 64.4 Å². The summed E-state index contributed by atoms with van der Waals surface area (Å²) in [4.78, 5) is 65.1. The van der Waals surface area contributed by atoms with Crippen LogP contribution in [0.15, 0.2) is 66.5 Å². The molecule has 3 rings (SSSR count). The van der Waals surface area contributed by atoms with Gasteiger partial charge in [0.15, 0.2) is 11.6 Å². The van der Waals surface area contributed by atoms with Gasteiger partial charge in [0, 0.05) is 32.0 Å². The van der Waals surface area contributed by atoms with Crippen molar-refractivity contribution in [2.75, 3.05) is 26.1 Å². The van der Waals surface area contributed by atoms with Crippen LogP contribution >= 0.6 is 0 Å². The van der Waals surface area contributed by atoms with Gasteiger partial charge in [0.25, 0.3) is 0 Å². The average molecular weight is 664 g/mol. The number of rotatable bonds is 9.